The van der Waals surface area contributed by atoms with Gasteiger partial charge in [-0.1, -0.05) is 6.07 Å². The van der Waals surface area contributed by atoms with E-state index >= 15 is 0 Å². The van der Waals surface area contributed by atoms with E-state index in [4.69, 9.17) is 0 Å². The number of fused-ring (bicyclic) bond motifs is 1. The number of rotatable bonds is 4. The lowest BCUT2D eigenvalue weighted by Crippen LogP contribution is -2.55. The average molecular weight is 247 g/mol. The smallest absolute Gasteiger partial charge is 0.0767 e. The Kier molecular flexibility index (Phi) is 3.17. The third-order valence-corrected chi connectivity index (χ3v) is 3.76. The molecule has 2 rings (SSSR count). The molecule has 0 aliphatic carbocycles. The van der Waals surface area contributed by atoms with Gasteiger partial charge in [-0.2, -0.15) is 5.10 Å². The van der Waals surface area contributed by atoms with Crippen LogP contribution in [-0.2, 0) is 6.54 Å². The Morgan fingerprint density at radius 1 is 1.28 bits per heavy atom. The van der Waals surface area contributed by atoms with Crippen molar-refractivity contribution in [2.45, 2.75) is 45.4 Å². The van der Waals surface area contributed by atoms with Gasteiger partial charge in [-0.3, -0.25) is 0 Å². The molecule has 2 aromatic rings. The molecule has 4 heteroatoms. The average Bonchev–Trinajstić information content (AvgIpc) is 2.68. The summed E-state index contributed by atoms with van der Waals surface area (Å²) < 4.78 is 1.86. The van der Waals surface area contributed by atoms with Crippen molar-refractivity contribution in [3.8, 4) is 0 Å². The zero-order valence-electron chi connectivity index (χ0n) is 11.4. The van der Waals surface area contributed by atoms with Gasteiger partial charge in [0.25, 0.3) is 0 Å². The van der Waals surface area contributed by atoms with E-state index in [1.165, 1.54) is 0 Å². The maximum atomic E-state index is 10.1. The lowest BCUT2D eigenvalue weighted by molar-refractivity contribution is -0.00527. The van der Waals surface area contributed by atoms with Gasteiger partial charge in [-0.15, -0.1) is 0 Å². The predicted octanol–water partition coefficient (Wildman–Crippen LogP) is 1.97. The molecule has 0 saturated heterocycles. The van der Waals surface area contributed by atoms with Crippen LogP contribution in [-0.4, -0.2) is 25.9 Å². The molecule has 4 nitrogen and oxygen atoms in total. The van der Waals surface area contributed by atoms with Crippen LogP contribution in [0, 0.1) is 0 Å². The van der Waals surface area contributed by atoms with Crippen molar-refractivity contribution >= 4 is 5.52 Å². The number of pyridine rings is 1. The lowest BCUT2D eigenvalue weighted by Gasteiger charge is -2.38. The minimum absolute atomic E-state index is 0.365. The highest BCUT2D eigenvalue weighted by Gasteiger charge is 2.34. The Bertz CT molecular complexity index is 537. The van der Waals surface area contributed by atoms with E-state index in [1.54, 1.807) is 0 Å². The van der Waals surface area contributed by atoms with Gasteiger partial charge < -0.3 is 10.4 Å². The zero-order chi connectivity index (χ0) is 13.4. The molecule has 2 N–H and O–H groups in total. The highest BCUT2D eigenvalue weighted by Crippen LogP contribution is 2.21. The van der Waals surface area contributed by atoms with E-state index in [0.717, 1.165) is 11.1 Å². The molecular formula is C14H21N3O. The fourth-order valence-corrected chi connectivity index (χ4v) is 1.66. The molecule has 0 unspecified atom stereocenters. The van der Waals surface area contributed by atoms with Gasteiger partial charge >= 0.3 is 0 Å². The van der Waals surface area contributed by atoms with Crippen molar-refractivity contribution in [3.63, 3.8) is 0 Å². The van der Waals surface area contributed by atoms with Crippen molar-refractivity contribution in [2.75, 3.05) is 0 Å². The van der Waals surface area contributed by atoms with Crippen LogP contribution in [0.5, 0.6) is 0 Å². The first-order valence-corrected chi connectivity index (χ1v) is 6.20. The van der Waals surface area contributed by atoms with Crippen molar-refractivity contribution in [2.24, 2.45) is 0 Å². The largest absolute Gasteiger partial charge is 0.389 e. The number of nitrogens with one attached hydrogen (secondary N) is 1. The summed E-state index contributed by atoms with van der Waals surface area (Å²) in [5, 5.41) is 17.8. The standard InChI is InChI=1S/C14H21N3O/c1-13(2,14(3,4)18)15-9-11-10-16-17-8-6-5-7-12(11)17/h5-8,10,15,18H,9H2,1-4H3. The van der Waals surface area contributed by atoms with Crippen LogP contribution >= 0.6 is 0 Å². The molecule has 0 bridgehead atoms. The van der Waals surface area contributed by atoms with E-state index in [0.29, 0.717) is 6.54 Å². The minimum Gasteiger partial charge on any atom is -0.389 e. The maximum Gasteiger partial charge on any atom is 0.0767 e. The second-order valence-corrected chi connectivity index (χ2v) is 5.74. The summed E-state index contributed by atoms with van der Waals surface area (Å²) in [5.41, 5.74) is 1.08. The van der Waals surface area contributed by atoms with Crippen LogP contribution in [0.3, 0.4) is 0 Å². The van der Waals surface area contributed by atoms with Gasteiger partial charge in [0.1, 0.15) is 0 Å². The molecule has 98 valence electrons. The molecule has 0 amide bonds. The third kappa shape index (κ3) is 2.40. The van der Waals surface area contributed by atoms with Crippen LogP contribution < -0.4 is 5.32 Å². The van der Waals surface area contributed by atoms with Crippen molar-refractivity contribution < 1.29 is 5.11 Å². The highest BCUT2D eigenvalue weighted by molar-refractivity contribution is 5.53. The summed E-state index contributed by atoms with van der Waals surface area (Å²) in [6.45, 7) is 8.31. The Labute approximate surface area is 108 Å². The predicted molar refractivity (Wildman–Crippen MR) is 72.4 cm³/mol. The van der Waals surface area contributed by atoms with Crippen molar-refractivity contribution in [1.29, 1.82) is 0 Å². The van der Waals surface area contributed by atoms with Crippen molar-refractivity contribution in [1.82, 2.24) is 14.9 Å². The van der Waals surface area contributed by atoms with Crippen LogP contribution in [0.1, 0.15) is 33.3 Å². The van der Waals surface area contributed by atoms with Gasteiger partial charge in [0.2, 0.25) is 0 Å². The quantitative estimate of drug-likeness (QED) is 0.868. The van der Waals surface area contributed by atoms with Crippen LogP contribution in [0.25, 0.3) is 5.52 Å². The van der Waals surface area contributed by atoms with Gasteiger partial charge in [-0.05, 0) is 39.8 Å². The lowest BCUT2D eigenvalue weighted by atomic mass is 9.86. The Balaban J connectivity index is 2.16. The summed E-state index contributed by atoms with van der Waals surface area (Å²) in [5.74, 6) is 0. The molecule has 0 aliphatic heterocycles. The summed E-state index contributed by atoms with van der Waals surface area (Å²) >= 11 is 0. The molecule has 0 radical (unpaired) electrons. The molecule has 0 spiro atoms. The van der Waals surface area contributed by atoms with E-state index in [1.807, 2.05) is 62.8 Å². The molecule has 18 heavy (non-hydrogen) atoms. The number of aromatic nitrogens is 2. The molecular weight excluding hydrogens is 226 g/mol. The topological polar surface area (TPSA) is 49.6 Å². The van der Waals surface area contributed by atoms with Crippen molar-refractivity contribution in [3.05, 3.63) is 36.2 Å². The van der Waals surface area contributed by atoms with E-state index in [2.05, 4.69) is 10.4 Å². The fraction of sp³-hybridized carbons (Fsp3) is 0.500. The van der Waals surface area contributed by atoms with Crippen LogP contribution in [0.15, 0.2) is 30.6 Å². The zero-order valence-corrected chi connectivity index (χ0v) is 11.4. The molecule has 2 aromatic heterocycles. The number of nitrogens with zero attached hydrogens (tertiary/aromatic N) is 2. The molecule has 0 fully saturated rings. The van der Waals surface area contributed by atoms with Gasteiger partial charge in [0, 0.05) is 23.8 Å². The van der Waals surface area contributed by atoms with E-state index in [-0.39, 0.29) is 5.54 Å². The summed E-state index contributed by atoms with van der Waals surface area (Å²) in [4.78, 5) is 0. The normalized spacial score (nSPS) is 13.2. The molecule has 2 heterocycles. The second kappa shape index (κ2) is 4.37. The number of aliphatic hydroxyl groups is 1. The van der Waals surface area contributed by atoms with Gasteiger partial charge in [0.05, 0.1) is 17.3 Å². The molecule has 0 aromatic carbocycles. The second-order valence-electron chi connectivity index (χ2n) is 5.74. The molecule has 0 saturated carbocycles. The first-order chi connectivity index (χ1) is 8.31. The summed E-state index contributed by atoms with van der Waals surface area (Å²) in [6, 6.07) is 6.00. The Hall–Kier alpha value is -1.39. The number of hydrogen-bond acceptors (Lipinski definition) is 3. The summed E-state index contributed by atoms with van der Waals surface area (Å²) in [6.07, 6.45) is 3.79. The van der Waals surface area contributed by atoms with Gasteiger partial charge in [0.15, 0.2) is 0 Å². The fourth-order valence-electron chi connectivity index (χ4n) is 1.66. The van der Waals surface area contributed by atoms with Crippen LogP contribution in [0.2, 0.25) is 0 Å². The van der Waals surface area contributed by atoms with Gasteiger partial charge in [-0.25, -0.2) is 4.52 Å². The molecule has 0 aliphatic rings. The SMILES string of the molecule is CC(C)(O)C(C)(C)NCc1cnn2ccccc12. The van der Waals surface area contributed by atoms with E-state index in [9.17, 15) is 5.11 Å². The summed E-state index contributed by atoms with van der Waals surface area (Å²) in [7, 11) is 0. The monoisotopic (exact) mass is 247 g/mol. The number of hydrogen-bond donors (Lipinski definition) is 2. The highest BCUT2D eigenvalue weighted by atomic mass is 16.3. The maximum absolute atomic E-state index is 10.1. The first kappa shape index (κ1) is 13.1. The molecule has 0 atom stereocenters. The third-order valence-electron chi connectivity index (χ3n) is 3.76. The van der Waals surface area contributed by atoms with E-state index < -0.39 is 5.60 Å². The first-order valence-electron chi connectivity index (χ1n) is 6.20. The van der Waals surface area contributed by atoms with Crippen LogP contribution in [0.4, 0.5) is 0 Å². The Morgan fingerprint density at radius 3 is 2.67 bits per heavy atom. The Morgan fingerprint density at radius 2 is 2.00 bits per heavy atom. The minimum atomic E-state index is -0.782.